The summed E-state index contributed by atoms with van der Waals surface area (Å²) in [7, 11) is 1.79. The van der Waals surface area contributed by atoms with Crippen LogP contribution in [0, 0.1) is 5.92 Å². The number of carbonyl (C=O) groups excluding carboxylic acids is 1. The quantitative estimate of drug-likeness (QED) is 0.832. The minimum atomic E-state index is -0.936. The highest BCUT2D eigenvalue weighted by molar-refractivity contribution is 5.87. The molecule has 1 amide bonds. The van der Waals surface area contributed by atoms with Gasteiger partial charge in [0.05, 0.1) is 5.56 Å². The number of carboxylic acids is 1. The molecule has 0 radical (unpaired) electrons. The smallest absolute Gasteiger partial charge is 0.335 e. The Morgan fingerprint density at radius 2 is 1.85 bits per heavy atom. The maximum atomic E-state index is 12.2. The number of unbranched alkanes of at least 4 members (excludes halogenated alkanes) is 1. The van der Waals surface area contributed by atoms with Crippen molar-refractivity contribution in [3.05, 3.63) is 35.4 Å². The molecule has 0 heterocycles. The molecule has 110 valence electrons. The Morgan fingerprint density at radius 3 is 2.35 bits per heavy atom. The lowest BCUT2D eigenvalue weighted by atomic mass is 10.0. The van der Waals surface area contributed by atoms with Crippen LogP contribution in [0.2, 0.25) is 0 Å². The third kappa shape index (κ3) is 4.68. The predicted octanol–water partition coefficient (Wildman–Crippen LogP) is 3.17. The van der Waals surface area contributed by atoms with Gasteiger partial charge in [0.2, 0.25) is 5.91 Å². The van der Waals surface area contributed by atoms with Gasteiger partial charge >= 0.3 is 5.97 Å². The summed E-state index contributed by atoms with van der Waals surface area (Å²) in [4.78, 5) is 24.6. The fourth-order valence-corrected chi connectivity index (χ4v) is 2.11. The second-order valence-electron chi connectivity index (χ2n) is 5.24. The number of rotatable bonds is 7. The lowest BCUT2D eigenvalue weighted by Gasteiger charge is -2.21. The lowest BCUT2D eigenvalue weighted by Crippen LogP contribution is -2.31. The van der Waals surface area contributed by atoms with Crippen molar-refractivity contribution in [1.82, 2.24) is 4.90 Å². The fraction of sp³-hybridized carbons (Fsp3) is 0.500. The van der Waals surface area contributed by atoms with Gasteiger partial charge in [-0.25, -0.2) is 4.79 Å². The molecule has 1 N–H and O–H groups in total. The molecule has 1 rings (SSSR count). The number of carboxylic acid groups (broad SMARTS) is 1. The molecule has 0 saturated carbocycles. The molecule has 20 heavy (non-hydrogen) atoms. The van der Waals surface area contributed by atoms with Crippen molar-refractivity contribution in [2.75, 3.05) is 7.05 Å². The van der Waals surface area contributed by atoms with Crippen molar-refractivity contribution in [2.45, 2.75) is 39.7 Å². The molecule has 4 nitrogen and oxygen atoms in total. The molecule has 0 aromatic heterocycles. The van der Waals surface area contributed by atoms with Crippen LogP contribution in [-0.2, 0) is 11.3 Å². The SMILES string of the molecule is CCCCC(C)C(=O)N(C)Cc1ccc(C(=O)O)cc1. The first-order chi connectivity index (χ1) is 9.45. The van der Waals surface area contributed by atoms with E-state index < -0.39 is 5.97 Å². The van der Waals surface area contributed by atoms with Crippen LogP contribution in [-0.4, -0.2) is 28.9 Å². The topological polar surface area (TPSA) is 57.6 Å². The van der Waals surface area contributed by atoms with E-state index in [-0.39, 0.29) is 17.4 Å². The maximum absolute atomic E-state index is 12.2. The highest BCUT2D eigenvalue weighted by atomic mass is 16.4. The first-order valence-electron chi connectivity index (χ1n) is 7.03. The molecule has 0 aliphatic rings. The van der Waals surface area contributed by atoms with Crippen LogP contribution >= 0.6 is 0 Å². The van der Waals surface area contributed by atoms with Crippen LogP contribution in [0.25, 0.3) is 0 Å². The zero-order valence-electron chi connectivity index (χ0n) is 12.4. The average Bonchev–Trinajstić information content (AvgIpc) is 2.44. The Bertz CT molecular complexity index is 453. The molecule has 0 aliphatic heterocycles. The van der Waals surface area contributed by atoms with E-state index in [1.54, 1.807) is 36.2 Å². The van der Waals surface area contributed by atoms with E-state index in [1.807, 2.05) is 6.92 Å². The summed E-state index contributed by atoms with van der Waals surface area (Å²) < 4.78 is 0. The largest absolute Gasteiger partial charge is 0.478 e. The van der Waals surface area contributed by atoms with Gasteiger partial charge < -0.3 is 10.0 Å². The van der Waals surface area contributed by atoms with E-state index in [1.165, 1.54) is 0 Å². The normalized spacial score (nSPS) is 11.9. The monoisotopic (exact) mass is 277 g/mol. The second-order valence-corrected chi connectivity index (χ2v) is 5.24. The van der Waals surface area contributed by atoms with Gasteiger partial charge in [0.25, 0.3) is 0 Å². The first-order valence-corrected chi connectivity index (χ1v) is 7.03. The third-order valence-corrected chi connectivity index (χ3v) is 3.41. The van der Waals surface area contributed by atoms with Crippen LogP contribution in [0.3, 0.4) is 0 Å². The summed E-state index contributed by atoms with van der Waals surface area (Å²) in [5.74, 6) is -0.756. The summed E-state index contributed by atoms with van der Waals surface area (Å²) in [5, 5.41) is 8.84. The number of hydrogen-bond donors (Lipinski definition) is 1. The summed E-state index contributed by atoms with van der Waals surface area (Å²) >= 11 is 0. The summed E-state index contributed by atoms with van der Waals surface area (Å²) in [6.45, 7) is 4.59. The average molecular weight is 277 g/mol. The lowest BCUT2D eigenvalue weighted by molar-refractivity contribution is -0.134. The standard InChI is InChI=1S/C16H23NO3/c1-4-5-6-12(2)15(18)17(3)11-13-7-9-14(10-8-13)16(19)20/h7-10,12H,4-6,11H2,1-3H3,(H,19,20). The van der Waals surface area contributed by atoms with E-state index in [0.717, 1.165) is 24.8 Å². The van der Waals surface area contributed by atoms with E-state index >= 15 is 0 Å². The van der Waals surface area contributed by atoms with Crippen LogP contribution < -0.4 is 0 Å². The molecule has 1 unspecified atom stereocenters. The number of benzene rings is 1. The van der Waals surface area contributed by atoms with Gasteiger partial charge in [0.15, 0.2) is 0 Å². The maximum Gasteiger partial charge on any atom is 0.335 e. The molecular formula is C16H23NO3. The van der Waals surface area contributed by atoms with Crippen molar-refractivity contribution in [3.8, 4) is 0 Å². The number of nitrogens with zero attached hydrogens (tertiary/aromatic N) is 1. The second kappa shape index (κ2) is 7.68. The van der Waals surface area contributed by atoms with Gasteiger partial charge in [-0.1, -0.05) is 38.8 Å². The summed E-state index contributed by atoms with van der Waals surface area (Å²) in [5.41, 5.74) is 1.20. The molecule has 0 saturated heterocycles. The van der Waals surface area contributed by atoms with Gasteiger partial charge in [-0.3, -0.25) is 4.79 Å². The van der Waals surface area contributed by atoms with Crippen LogP contribution in [0.4, 0.5) is 0 Å². The van der Waals surface area contributed by atoms with Crippen LogP contribution in [0.15, 0.2) is 24.3 Å². The van der Waals surface area contributed by atoms with Crippen molar-refractivity contribution in [3.63, 3.8) is 0 Å². The molecule has 1 aromatic rings. The minimum absolute atomic E-state index is 0.0400. The highest BCUT2D eigenvalue weighted by Gasteiger charge is 2.17. The molecule has 0 fully saturated rings. The third-order valence-electron chi connectivity index (χ3n) is 3.41. The number of carbonyl (C=O) groups is 2. The zero-order chi connectivity index (χ0) is 15.1. The summed E-state index contributed by atoms with van der Waals surface area (Å²) in [6, 6.07) is 6.64. The van der Waals surface area contributed by atoms with Gasteiger partial charge in [-0.2, -0.15) is 0 Å². The molecular weight excluding hydrogens is 254 g/mol. The Kier molecular flexibility index (Phi) is 6.22. The van der Waals surface area contributed by atoms with Gasteiger partial charge in [-0.05, 0) is 24.1 Å². The molecule has 1 atom stereocenters. The fourth-order valence-electron chi connectivity index (χ4n) is 2.11. The van der Waals surface area contributed by atoms with E-state index in [4.69, 9.17) is 5.11 Å². The number of aromatic carboxylic acids is 1. The molecule has 0 spiro atoms. The van der Waals surface area contributed by atoms with E-state index in [0.29, 0.717) is 6.54 Å². The number of amides is 1. The molecule has 0 bridgehead atoms. The van der Waals surface area contributed by atoms with Gasteiger partial charge in [0, 0.05) is 19.5 Å². The Hall–Kier alpha value is -1.84. The zero-order valence-corrected chi connectivity index (χ0v) is 12.4. The van der Waals surface area contributed by atoms with Crippen LogP contribution in [0.5, 0.6) is 0 Å². The first kappa shape index (κ1) is 16.2. The Balaban J connectivity index is 2.58. The van der Waals surface area contributed by atoms with Crippen molar-refractivity contribution in [2.24, 2.45) is 5.92 Å². The minimum Gasteiger partial charge on any atom is -0.478 e. The van der Waals surface area contributed by atoms with E-state index in [2.05, 4.69) is 6.92 Å². The van der Waals surface area contributed by atoms with Crippen LogP contribution in [0.1, 0.15) is 49.0 Å². The van der Waals surface area contributed by atoms with E-state index in [9.17, 15) is 9.59 Å². The van der Waals surface area contributed by atoms with Crippen molar-refractivity contribution < 1.29 is 14.7 Å². The molecule has 4 heteroatoms. The van der Waals surface area contributed by atoms with Crippen molar-refractivity contribution in [1.29, 1.82) is 0 Å². The Labute approximate surface area is 120 Å². The Morgan fingerprint density at radius 1 is 1.25 bits per heavy atom. The molecule has 0 aliphatic carbocycles. The predicted molar refractivity (Wildman–Crippen MR) is 78.6 cm³/mol. The van der Waals surface area contributed by atoms with Gasteiger partial charge in [-0.15, -0.1) is 0 Å². The highest BCUT2D eigenvalue weighted by Crippen LogP contribution is 2.13. The van der Waals surface area contributed by atoms with Gasteiger partial charge in [0.1, 0.15) is 0 Å². The number of hydrogen-bond acceptors (Lipinski definition) is 2. The summed E-state index contributed by atoms with van der Waals surface area (Å²) in [6.07, 6.45) is 3.07. The van der Waals surface area contributed by atoms with Crippen molar-refractivity contribution >= 4 is 11.9 Å². The molecule has 1 aromatic carbocycles.